The smallest absolute Gasteiger partial charge is 0.855 e. The van der Waals surface area contributed by atoms with E-state index >= 15 is 0 Å². The van der Waals surface area contributed by atoms with Gasteiger partial charge in [-0.15, -0.1) is 13.2 Å². The number of ether oxygens (including phenoxy) is 2. The number of hydrogen-bond donors (Lipinski definition) is 1. The number of fused-ring (bicyclic) bond motifs is 1. The van der Waals surface area contributed by atoms with Gasteiger partial charge >= 0.3 is 43.7 Å². The van der Waals surface area contributed by atoms with Gasteiger partial charge in [-0.3, -0.25) is 0 Å². The van der Waals surface area contributed by atoms with Crippen LogP contribution in [0.25, 0.3) is 0 Å². The summed E-state index contributed by atoms with van der Waals surface area (Å²) in [5, 5.41) is 26.6. The van der Waals surface area contributed by atoms with E-state index in [0.717, 1.165) is 0 Å². The molecule has 1 aliphatic heterocycles. The minimum absolute atomic E-state index is 0. The molecule has 0 unspecified atom stereocenters. The molecule has 108 valence electrons. The SMILES string of the molecule is CC[O-].CC[O-].O=C(O)c1ccc2c(c1)OCCO2.[Ca+2]. The van der Waals surface area contributed by atoms with Crippen molar-refractivity contribution < 1.29 is 29.6 Å². The van der Waals surface area contributed by atoms with Crippen molar-refractivity contribution >= 4 is 43.7 Å². The second-order valence-corrected chi connectivity index (χ2v) is 3.24. The Hall–Kier alpha value is -0.530. The molecule has 0 amide bonds. The van der Waals surface area contributed by atoms with Gasteiger partial charge in [0.05, 0.1) is 5.56 Å². The van der Waals surface area contributed by atoms with Crippen molar-refractivity contribution in [2.45, 2.75) is 13.8 Å². The average molecular weight is 310 g/mol. The number of carboxylic acid groups (broad SMARTS) is 1. The maximum atomic E-state index is 10.6. The van der Waals surface area contributed by atoms with E-state index in [4.69, 9.17) is 24.8 Å². The van der Waals surface area contributed by atoms with Crippen molar-refractivity contribution in [2.75, 3.05) is 26.4 Å². The van der Waals surface area contributed by atoms with Crippen LogP contribution in [0.15, 0.2) is 18.2 Å². The number of hydrogen-bond acceptors (Lipinski definition) is 5. The van der Waals surface area contributed by atoms with E-state index in [9.17, 15) is 4.79 Å². The fourth-order valence-electron chi connectivity index (χ4n) is 1.18. The van der Waals surface area contributed by atoms with Crippen LogP contribution in [0.4, 0.5) is 0 Å². The molecule has 0 fully saturated rings. The Morgan fingerprint density at radius 1 is 1.15 bits per heavy atom. The molecule has 0 radical (unpaired) electrons. The third-order valence-corrected chi connectivity index (χ3v) is 1.79. The average Bonchev–Trinajstić information content (AvgIpc) is 2.40. The Bertz CT molecular complexity index is 381. The molecule has 0 bridgehead atoms. The number of benzene rings is 1. The molecule has 1 aromatic carbocycles. The minimum atomic E-state index is -0.961. The van der Waals surface area contributed by atoms with Gasteiger partial charge in [-0.05, 0) is 18.2 Å². The molecule has 0 aliphatic carbocycles. The van der Waals surface area contributed by atoms with Crippen molar-refractivity contribution in [2.24, 2.45) is 0 Å². The third kappa shape index (κ3) is 8.60. The molecular weight excluding hydrogens is 292 g/mol. The molecule has 1 aliphatic rings. The maximum Gasteiger partial charge on any atom is 2.00 e. The van der Waals surface area contributed by atoms with Crippen molar-refractivity contribution in [1.82, 2.24) is 0 Å². The molecule has 6 nitrogen and oxygen atoms in total. The molecule has 0 saturated carbocycles. The quantitative estimate of drug-likeness (QED) is 0.702. The van der Waals surface area contributed by atoms with Crippen LogP contribution in [0.2, 0.25) is 0 Å². The van der Waals surface area contributed by atoms with Gasteiger partial charge < -0.3 is 24.8 Å². The molecule has 1 aromatic rings. The van der Waals surface area contributed by atoms with Crippen LogP contribution >= 0.6 is 0 Å². The zero-order chi connectivity index (χ0) is 14.7. The van der Waals surface area contributed by atoms with Crippen LogP contribution in [0.1, 0.15) is 24.2 Å². The van der Waals surface area contributed by atoms with E-state index in [1.165, 1.54) is 12.1 Å². The van der Waals surface area contributed by atoms with Gasteiger partial charge in [0.1, 0.15) is 13.2 Å². The second kappa shape index (κ2) is 13.5. The monoisotopic (exact) mass is 310 g/mol. The first-order valence-electron chi connectivity index (χ1n) is 5.89. The summed E-state index contributed by atoms with van der Waals surface area (Å²) in [5.74, 6) is 0.152. The van der Waals surface area contributed by atoms with Crippen molar-refractivity contribution in [3.05, 3.63) is 23.8 Å². The summed E-state index contributed by atoms with van der Waals surface area (Å²) in [5.41, 5.74) is 0.212. The van der Waals surface area contributed by atoms with Crippen molar-refractivity contribution in [1.29, 1.82) is 0 Å². The topological polar surface area (TPSA) is 102 Å². The molecule has 1 N–H and O–H groups in total. The Labute approximate surface area is 148 Å². The summed E-state index contributed by atoms with van der Waals surface area (Å²) >= 11 is 0. The summed E-state index contributed by atoms with van der Waals surface area (Å²) < 4.78 is 10.5. The number of aromatic carboxylic acids is 1. The van der Waals surface area contributed by atoms with Crippen LogP contribution in [-0.2, 0) is 0 Å². The predicted molar refractivity (Wildman–Crippen MR) is 71.2 cm³/mol. The van der Waals surface area contributed by atoms with E-state index in [-0.39, 0.29) is 56.5 Å². The van der Waals surface area contributed by atoms with Crippen molar-refractivity contribution in [3.63, 3.8) is 0 Å². The van der Waals surface area contributed by atoms with E-state index in [0.29, 0.717) is 24.7 Å². The minimum Gasteiger partial charge on any atom is -0.855 e. The molecule has 0 spiro atoms. The van der Waals surface area contributed by atoms with Gasteiger partial charge in [0.2, 0.25) is 0 Å². The summed E-state index contributed by atoms with van der Waals surface area (Å²) in [4.78, 5) is 10.6. The Morgan fingerprint density at radius 2 is 1.60 bits per heavy atom. The zero-order valence-electron chi connectivity index (χ0n) is 11.8. The third-order valence-electron chi connectivity index (χ3n) is 1.79. The Balaban J connectivity index is 0. The molecule has 20 heavy (non-hydrogen) atoms. The molecule has 7 heteroatoms. The molecule has 0 atom stereocenters. The van der Waals surface area contributed by atoms with Gasteiger partial charge in [-0.1, -0.05) is 13.8 Å². The number of carboxylic acids is 1. The summed E-state index contributed by atoms with van der Waals surface area (Å²) in [6, 6.07) is 4.57. The first-order valence-corrected chi connectivity index (χ1v) is 5.89. The van der Waals surface area contributed by atoms with Gasteiger partial charge in [0.25, 0.3) is 0 Å². The first-order chi connectivity index (χ1) is 9.10. The maximum absolute atomic E-state index is 10.6. The van der Waals surface area contributed by atoms with Gasteiger partial charge in [-0.25, -0.2) is 4.79 Å². The summed E-state index contributed by atoms with van der Waals surface area (Å²) in [6.45, 7) is 4.12. The van der Waals surface area contributed by atoms with Crippen LogP contribution in [-0.4, -0.2) is 75.2 Å². The van der Waals surface area contributed by atoms with E-state index in [1.54, 1.807) is 19.9 Å². The normalized spacial score (nSPS) is 10.8. The molecular formula is C13H18CaO6. The van der Waals surface area contributed by atoms with Crippen LogP contribution in [0.5, 0.6) is 11.5 Å². The summed E-state index contributed by atoms with van der Waals surface area (Å²) in [7, 11) is 0. The van der Waals surface area contributed by atoms with Crippen molar-refractivity contribution in [3.8, 4) is 11.5 Å². The second-order valence-electron chi connectivity index (χ2n) is 3.24. The largest absolute Gasteiger partial charge is 2.00 e. The van der Waals surface area contributed by atoms with Gasteiger partial charge in [0.15, 0.2) is 11.5 Å². The summed E-state index contributed by atoms with van der Waals surface area (Å²) in [6.07, 6.45) is 0. The predicted octanol–water partition coefficient (Wildman–Crippen LogP) is -0.492. The zero-order valence-corrected chi connectivity index (χ0v) is 14.0. The fourth-order valence-corrected chi connectivity index (χ4v) is 1.18. The van der Waals surface area contributed by atoms with Crippen LogP contribution in [0, 0.1) is 0 Å². The van der Waals surface area contributed by atoms with Crippen LogP contribution in [0.3, 0.4) is 0 Å². The Kier molecular flexibility index (Phi) is 14.6. The van der Waals surface area contributed by atoms with Gasteiger partial charge in [0, 0.05) is 0 Å². The molecule has 0 saturated heterocycles. The molecule has 1 heterocycles. The van der Waals surface area contributed by atoms with Crippen LogP contribution < -0.4 is 19.7 Å². The molecule has 0 aromatic heterocycles. The standard InChI is InChI=1S/C9H8O4.2C2H5O.Ca/c10-9(11)6-1-2-7-8(5-6)13-4-3-12-7;2*1-2-3;/h1-2,5H,3-4H2,(H,10,11);2*2H2,1H3;/q;2*-1;+2. The molecule has 2 rings (SSSR count). The fraction of sp³-hybridized carbons (Fsp3) is 0.462. The number of rotatable bonds is 1. The first kappa shape index (κ1) is 21.8. The van der Waals surface area contributed by atoms with E-state index < -0.39 is 5.97 Å². The van der Waals surface area contributed by atoms with Gasteiger partial charge in [-0.2, -0.15) is 0 Å². The van der Waals surface area contributed by atoms with E-state index in [1.807, 2.05) is 0 Å². The van der Waals surface area contributed by atoms with E-state index in [2.05, 4.69) is 0 Å². The number of carbonyl (C=O) groups is 1. The Morgan fingerprint density at radius 3 is 2.05 bits per heavy atom.